The van der Waals surface area contributed by atoms with Gasteiger partial charge in [0.2, 0.25) is 5.82 Å². The second-order valence-corrected chi connectivity index (χ2v) is 4.10. The van der Waals surface area contributed by atoms with Gasteiger partial charge in [-0.05, 0) is 12.1 Å². The molecule has 0 aliphatic rings. The van der Waals surface area contributed by atoms with Crippen LogP contribution in [0.2, 0.25) is 10.0 Å². The zero-order chi connectivity index (χ0) is 13.7. The average Bonchev–Trinajstić information content (AvgIpc) is 2.56. The van der Waals surface area contributed by atoms with Crippen LogP contribution in [0.25, 0.3) is 11.0 Å². The summed E-state index contributed by atoms with van der Waals surface area (Å²) in [4.78, 5) is 14.0. The number of hydrogen-bond acceptors (Lipinski definition) is 3. The third-order valence-corrected chi connectivity index (χ3v) is 2.85. The van der Waals surface area contributed by atoms with Gasteiger partial charge >= 0.3 is 6.18 Å². The van der Waals surface area contributed by atoms with Gasteiger partial charge in [0.15, 0.2) is 0 Å². The van der Waals surface area contributed by atoms with Crippen LogP contribution in [0.3, 0.4) is 0 Å². The molecule has 4 nitrogen and oxygen atoms in total. The number of carbonyl (C=O) groups excluding carboxylic acids is 1. The molecule has 0 bridgehead atoms. The molecule has 1 aromatic carbocycles. The molecule has 0 unspecified atom stereocenters. The molecule has 0 aliphatic carbocycles. The first kappa shape index (κ1) is 13.0. The van der Waals surface area contributed by atoms with Gasteiger partial charge in [-0.3, -0.25) is 4.57 Å². The number of nitrogens with zero attached hydrogens (tertiary/aromatic N) is 2. The third kappa shape index (κ3) is 1.99. The van der Waals surface area contributed by atoms with Crippen molar-refractivity contribution < 1.29 is 23.1 Å². The molecule has 0 fully saturated rings. The van der Waals surface area contributed by atoms with E-state index in [9.17, 15) is 23.1 Å². The monoisotopic (exact) mass is 297 g/mol. The predicted molar refractivity (Wildman–Crippen MR) is 55.5 cm³/mol. The van der Waals surface area contributed by atoms with Crippen molar-refractivity contribution >= 4 is 40.3 Å². The zero-order valence-corrected chi connectivity index (χ0v) is 9.77. The minimum atomic E-state index is -4.93. The van der Waals surface area contributed by atoms with Crippen LogP contribution < -0.4 is 5.11 Å². The van der Waals surface area contributed by atoms with E-state index in [1.165, 1.54) is 0 Å². The van der Waals surface area contributed by atoms with Crippen LogP contribution in [0.5, 0.6) is 0 Å². The standard InChI is InChI=1S/C9H3Cl2F3N2O2/c10-3-1-5-6(2-4(3)11)16(8(17)18)7(15-5)9(12,13)14/h1-2H,(H,17,18)/p-1. The second-order valence-electron chi connectivity index (χ2n) is 3.29. The first-order chi connectivity index (χ1) is 8.21. The Morgan fingerprint density at radius 3 is 2.33 bits per heavy atom. The van der Waals surface area contributed by atoms with Crippen LogP contribution >= 0.6 is 23.2 Å². The van der Waals surface area contributed by atoms with Crippen molar-refractivity contribution in [3.63, 3.8) is 0 Å². The fraction of sp³-hybridized carbons (Fsp3) is 0.111. The van der Waals surface area contributed by atoms with Gasteiger partial charge in [-0.1, -0.05) is 23.2 Å². The SMILES string of the molecule is O=C([O-])n1c(C(F)(F)F)nc2cc(Cl)c(Cl)cc21. The fourth-order valence-electron chi connectivity index (χ4n) is 1.45. The molecule has 18 heavy (non-hydrogen) atoms. The number of rotatable bonds is 0. The number of aromatic nitrogens is 2. The molecular formula is C9H2Cl2F3N2O2-. The Morgan fingerprint density at radius 2 is 1.83 bits per heavy atom. The Morgan fingerprint density at radius 1 is 1.28 bits per heavy atom. The largest absolute Gasteiger partial charge is 0.529 e. The van der Waals surface area contributed by atoms with Gasteiger partial charge in [0.05, 0.1) is 21.1 Å². The number of halogens is 5. The summed E-state index contributed by atoms with van der Waals surface area (Å²) in [7, 11) is 0. The Balaban J connectivity index is 2.89. The topological polar surface area (TPSA) is 57.9 Å². The van der Waals surface area contributed by atoms with Gasteiger partial charge in [0.1, 0.15) is 6.09 Å². The summed E-state index contributed by atoms with van der Waals surface area (Å²) < 4.78 is 37.7. The van der Waals surface area contributed by atoms with Crippen LogP contribution in [0.15, 0.2) is 12.1 Å². The van der Waals surface area contributed by atoms with E-state index in [1.54, 1.807) is 0 Å². The van der Waals surface area contributed by atoms with Gasteiger partial charge in [-0.2, -0.15) is 13.2 Å². The lowest BCUT2D eigenvalue weighted by Crippen LogP contribution is -2.32. The van der Waals surface area contributed by atoms with Crippen molar-refractivity contribution in [3.8, 4) is 0 Å². The molecule has 0 N–H and O–H groups in total. The lowest BCUT2D eigenvalue weighted by Gasteiger charge is -2.11. The van der Waals surface area contributed by atoms with Gasteiger partial charge in [-0.25, -0.2) is 4.98 Å². The second kappa shape index (κ2) is 4.03. The number of carboxylic acid groups (broad SMARTS) is 1. The van der Waals surface area contributed by atoms with Crippen LogP contribution in [-0.2, 0) is 6.18 Å². The maximum atomic E-state index is 12.6. The van der Waals surface area contributed by atoms with Crippen molar-refractivity contribution in [3.05, 3.63) is 28.0 Å². The van der Waals surface area contributed by atoms with Crippen molar-refractivity contribution in [2.45, 2.75) is 6.18 Å². The van der Waals surface area contributed by atoms with E-state index in [1.807, 2.05) is 0 Å². The van der Waals surface area contributed by atoms with Crippen LogP contribution in [-0.4, -0.2) is 15.6 Å². The number of alkyl halides is 3. The quantitative estimate of drug-likeness (QED) is 0.751. The van der Waals surface area contributed by atoms with Crippen LogP contribution in [0.4, 0.5) is 18.0 Å². The zero-order valence-electron chi connectivity index (χ0n) is 8.26. The molecule has 0 spiro atoms. The van der Waals surface area contributed by atoms with E-state index in [4.69, 9.17) is 23.2 Å². The Bertz CT molecular complexity index is 651. The summed E-state index contributed by atoms with van der Waals surface area (Å²) in [6.45, 7) is 0. The predicted octanol–water partition coefficient (Wildman–Crippen LogP) is 2.55. The maximum absolute atomic E-state index is 12.6. The van der Waals surface area contributed by atoms with E-state index in [2.05, 4.69) is 4.98 Å². The molecule has 9 heteroatoms. The molecular weight excluding hydrogens is 296 g/mol. The molecule has 1 heterocycles. The summed E-state index contributed by atoms with van der Waals surface area (Å²) in [5, 5.41) is 10.7. The van der Waals surface area contributed by atoms with Gasteiger partial charge in [0, 0.05) is 0 Å². The van der Waals surface area contributed by atoms with Crippen molar-refractivity contribution in [2.75, 3.05) is 0 Å². The number of hydrogen-bond donors (Lipinski definition) is 0. The van der Waals surface area contributed by atoms with E-state index in [0.717, 1.165) is 12.1 Å². The number of benzene rings is 1. The van der Waals surface area contributed by atoms with Crippen molar-refractivity contribution in [2.24, 2.45) is 0 Å². The lowest BCUT2D eigenvalue weighted by atomic mass is 10.3. The van der Waals surface area contributed by atoms with E-state index >= 15 is 0 Å². The molecule has 0 saturated carbocycles. The summed E-state index contributed by atoms with van der Waals surface area (Å²) in [6, 6.07) is 2.03. The summed E-state index contributed by atoms with van der Waals surface area (Å²) in [5.41, 5.74) is -0.572. The number of fused-ring (bicyclic) bond motifs is 1. The minimum absolute atomic E-state index is 0.0270. The Kier molecular flexibility index (Phi) is 2.90. The smallest absolute Gasteiger partial charge is 0.450 e. The highest BCUT2D eigenvalue weighted by Gasteiger charge is 2.38. The van der Waals surface area contributed by atoms with Crippen LogP contribution in [0.1, 0.15) is 5.82 Å². The Hall–Kier alpha value is -1.47. The Labute approximate surface area is 108 Å². The van der Waals surface area contributed by atoms with Gasteiger partial charge in [0.25, 0.3) is 0 Å². The van der Waals surface area contributed by atoms with Gasteiger partial charge in [-0.15, -0.1) is 0 Å². The highest BCUT2D eigenvalue weighted by atomic mass is 35.5. The van der Waals surface area contributed by atoms with Crippen molar-refractivity contribution in [1.82, 2.24) is 9.55 Å². The maximum Gasteiger partial charge on any atom is 0.450 e. The lowest BCUT2D eigenvalue weighted by molar-refractivity contribution is -0.252. The summed E-state index contributed by atoms with van der Waals surface area (Å²) >= 11 is 11.2. The first-order valence-electron chi connectivity index (χ1n) is 4.38. The van der Waals surface area contributed by atoms with E-state index in [0.29, 0.717) is 0 Å². The normalized spacial score (nSPS) is 12.1. The highest BCUT2D eigenvalue weighted by Crippen LogP contribution is 2.34. The molecule has 2 rings (SSSR count). The average molecular weight is 298 g/mol. The van der Waals surface area contributed by atoms with Gasteiger partial charge < -0.3 is 9.90 Å². The van der Waals surface area contributed by atoms with E-state index in [-0.39, 0.29) is 25.6 Å². The number of carbonyl (C=O) groups is 1. The first-order valence-corrected chi connectivity index (χ1v) is 5.13. The number of imidazole rings is 1. The minimum Gasteiger partial charge on any atom is -0.529 e. The summed E-state index contributed by atoms with van der Waals surface area (Å²) in [6.07, 6.45) is -6.99. The molecule has 0 amide bonds. The fourth-order valence-corrected chi connectivity index (χ4v) is 1.76. The van der Waals surface area contributed by atoms with Crippen LogP contribution in [0, 0.1) is 0 Å². The molecule has 2 aromatic rings. The van der Waals surface area contributed by atoms with Crippen molar-refractivity contribution in [1.29, 1.82) is 0 Å². The molecule has 0 aliphatic heterocycles. The molecule has 0 radical (unpaired) electrons. The molecule has 0 atom stereocenters. The third-order valence-electron chi connectivity index (χ3n) is 2.13. The van der Waals surface area contributed by atoms with E-state index < -0.39 is 18.1 Å². The molecule has 1 aromatic heterocycles. The highest BCUT2D eigenvalue weighted by molar-refractivity contribution is 6.42. The molecule has 96 valence electrons. The molecule has 0 saturated heterocycles. The summed E-state index contributed by atoms with van der Waals surface area (Å²) in [5.74, 6) is -1.60.